The molecule has 162 valence electrons. The third-order valence-corrected chi connectivity index (χ3v) is 5.98. The number of rotatable bonds is 5. The van der Waals surface area contributed by atoms with Gasteiger partial charge in [0, 0.05) is 23.0 Å². The van der Waals surface area contributed by atoms with E-state index in [2.05, 4.69) is 48.0 Å². The third-order valence-electron chi connectivity index (χ3n) is 5.98. The van der Waals surface area contributed by atoms with Crippen LogP contribution in [0.1, 0.15) is 46.5 Å². The fraction of sp³-hybridized carbons (Fsp3) is 0.375. The molecule has 0 unspecified atom stereocenters. The zero-order valence-electron chi connectivity index (χ0n) is 18.0. The Balaban J connectivity index is 1.59. The Morgan fingerprint density at radius 1 is 1.26 bits per heavy atom. The summed E-state index contributed by atoms with van der Waals surface area (Å²) in [5, 5.41) is 4.70. The van der Waals surface area contributed by atoms with Crippen LogP contribution in [0.5, 0.6) is 0 Å². The van der Waals surface area contributed by atoms with Gasteiger partial charge in [0.1, 0.15) is 11.3 Å². The van der Waals surface area contributed by atoms with Crippen LogP contribution in [0, 0.1) is 17.7 Å². The molecule has 2 heterocycles. The largest absolute Gasteiger partial charge is 0.350 e. The van der Waals surface area contributed by atoms with E-state index in [1.54, 1.807) is 12.3 Å². The van der Waals surface area contributed by atoms with E-state index in [1.807, 2.05) is 0 Å². The lowest BCUT2D eigenvalue weighted by Gasteiger charge is -2.25. The first-order chi connectivity index (χ1) is 14.8. The van der Waals surface area contributed by atoms with Gasteiger partial charge in [0.05, 0.1) is 5.52 Å². The Bertz CT molecular complexity index is 1340. The molecule has 4 rings (SSSR count). The molecule has 2 aromatic heterocycles. The van der Waals surface area contributed by atoms with Crippen LogP contribution in [0.3, 0.4) is 0 Å². The number of nitrogens with zero attached hydrogens (tertiary/aromatic N) is 2. The highest BCUT2D eigenvalue weighted by Gasteiger charge is 2.21. The Morgan fingerprint density at radius 2 is 2.06 bits per heavy atom. The van der Waals surface area contributed by atoms with Crippen LogP contribution in [0.25, 0.3) is 21.9 Å². The first-order valence-electron chi connectivity index (χ1n) is 10.7. The number of nitrogens with one attached hydrogen (secondary N) is 2. The summed E-state index contributed by atoms with van der Waals surface area (Å²) in [7, 11) is 0. The quantitative estimate of drug-likeness (QED) is 0.454. The van der Waals surface area contributed by atoms with E-state index in [-0.39, 0.29) is 11.4 Å². The smallest absolute Gasteiger partial charge is 0.349 e. The number of halogens is 1. The molecule has 3 aromatic rings. The van der Waals surface area contributed by atoms with E-state index in [9.17, 15) is 14.0 Å². The second-order valence-corrected chi connectivity index (χ2v) is 8.64. The molecule has 0 fully saturated rings. The standard InChI is InChI=1S/C24H27FN4O2/c1-14(2)5-4-6-16-7-8-17(15(3)11-16)13-26-29-23(30)22-21(28-24(29)31)19-12-18(25)9-10-20(19)27-22/h5,7,9-10,12-13,15,17,27H,4,6,8,11H2,1-3H3,(H,28,31)/b26-13-/t15-,17+/m0/s1. The molecule has 0 spiro atoms. The van der Waals surface area contributed by atoms with Crippen molar-refractivity contribution in [3.63, 3.8) is 0 Å². The molecule has 7 heteroatoms. The van der Waals surface area contributed by atoms with E-state index in [1.165, 1.54) is 23.3 Å². The van der Waals surface area contributed by atoms with Gasteiger partial charge in [0.2, 0.25) is 0 Å². The molecule has 31 heavy (non-hydrogen) atoms. The van der Waals surface area contributed by atoms with Crippen molar-refractivity contribution in [3.8, 4) is 0 Å². The van der Waals surface area contributed by atoms with Gasteiger partial charge in [-0.05, 0) is 63.6 Å². The molecule has 1 aromatic carbocycles. The van der Waals surface area contributed by atoms with Crippen molar-refractivity contribution in [1.29, 1.82) is 0 Å². The first-order valence-corrected chi connectivity index (χ1v) is 10.7. The van der Waals surface area contributed by atoms with Crippen molar-refractivity contribution in [2.24, 2.45) is 16.9 Å². The van der Waals surface area contributed by atoms with Crippen molar-refractivity contribution in [2.45, 2.75) is 46.5 Å². The van der Waals surface area contributed by atoms with Crippen LogP contribution in [0.15, 0.2) is 56.2 Å². The lowest BCUT2D eigenvalue weighted by atomic mass is 9.80. The molecule has 2 N–H and O–H groups in total. The molecule has 0 radical (unpaired) electrons. The number of aromatic amines is 2. The van der Waals surface area contributed by atoms with Gasteiger partial charge in [0.25, 0.3) is 0 Å². The monoisotopic (exact) mass is 422 g/mol. The minimum atomic E-state index is -0.639. The van der Waals surface area contributed by atoms with Crippen LogP contribution >= 0.6 is 0 Å². The van der Waals surface area contributed by atoms with Crippen molar-refractivity contribution >= 4 is 28.2 Å². The molecule has 6 nitrogen and oxygen atoms in total. The molecule has 1 aliphatic carbocycles. The molecule has 1 aliphatic rings. The summed E-state index contributed by atoms with van der Waals surface area (Å²) >= 11 is 0. The molecule has 0 bridgehead atoms. The second-order valence-electron chi connectivity index (χ2n) is 8.64. The van der Waals surface area contributed by atoms with Gasteiger partial charge in [-0.3, -0.25) is 4.79 Å². The summed E-state index contributed by atoms with van der Waals surface area (Å²) in [6, 6.07) is 4.14. The zero-order chi connectivity index (χ0) is 22.1. The fourth-order valence-electron chi connectivity index (χ4n) is 4.21. The minimum absolute atomic E-state index is 0.158. The number of H-pyrrole nitrogens is 2. The molecular formula is C24H27FN4O2. The van der Waals surface area contributed by atoms with Crippen molar-refractivity contribution in [1.82, 2.24) is 14.6 Å². The van der Waals surface area contributed by atoms with Gasteiger partial charge in [-0.25, -0.2) is 9.18 Å². The maximum atomic E-state index is 13.6. The van der Waals surface area contributed by atoms with Gasteiger partial charge < -0.3 is 9.97 Å². The molecule has 0 saturated carbocycles. The fourth-order valence-corrected chi connectivity index (χ4v) is 4.21. The molecular weight excluding hydrogens is 395 g/mol. The summed E-state index contributed by atoms with van der Waals surface area (Å²) in [6.07, 6.45) is 10.2. The number of fused-ring (bicyclic) bond motifs is 3. The van der Waals surface area contributed by atoms with Crippen LogP contribution in [0.4, 0.5) is 4.39 Å². The highest BCUT2D eigenvalue weighted by molar-refractivity contribution is 6.04. The molecule has 0 saturated heterocycles. The van der Waals surface area contributed by atoms with Gasteiger partial charge in [0.15, 0.2) is 0 Å². The number of hydrogen-bond donors (Lipinski definition) is 2. The van der Waals surface area contributed by atoms with E-state index in [0.29, 0.717) is 22.3 Å². The van der Waals surface area contributed by atoms with Crippen molar-refractivity contribution < 1.29 is 4.39 Å². The Kier molecular flexibility index (Phi) is 5.76. The molecule has 2 atom stereocenters. The average Bonchev–Trinajstić information content (AvgIpc) is 3.07. The Hall–Kier alpha value is -3.22. The van der Waals surface area contributed by atoms with Gasteiger partial charge >= 0.3 is 11.2 Å². The van der Waals surface area contributed by atoms with Gasteiger partial charge in [-0.15, -0.1) is 4.68 Å². The molecule has 0 amide bonds. The van der Waals surface area contributed by atoms with Crippen LogP contribution in [0.2, 0.25) is 0 Å². The lowest BCUT2D eigenvalue weighted by Crippen LogP contribution is -2.32. The first kappa shape index (κ1) is 21.0. The predicted molar refractivity (Wildman–Crippen MR) is 123 cm³/mol. The minimum Gasteiger partial charge on any atom is -0.349 e. The van der Waals surface area contributed by atoms with E-state index >= 15 is 0 Å². The zero-order valence-corrected chi connectivity index (χ0v) is 18.0. The number of allylic oxidation sites excluding steroid dienone is 4. The maximum Gasteiger partial charge on any atom is 0.350 e. The van der Waals surface area contributed by atoms with Crippen LogP contribution < -0.4 is 11.2 Å². The summed E-state index contributed by atoms with van der Waals surface area (Å²) in [5.74, 6) is 0.104. The van der Waals surface area contributed by atoms with Crippen LogP contribution in [-0.2, 0) is 0 Å². The van der Waals surface area contributed by atoms with Gasteiger partial charge in [-0.1, -0.05) is 30.2 Å². The number of benzene rings is 1. The second kappa shape index (κ2) is 8.49. The van der Waals surface area contributed by atoms with Gasteiger partial charge in [-0.2, -0.15) is 5.10 Å². The lowest BCUT2D eigenvalue weighted by molar-refractivity contribution is 0.429. The summed E-state index contributed by atoms with van der Waals surface area (Å²) in [6.45, 7) is 6.39. The number of aromatic nitrogens is 3. The average molecular weight is 423 g/mol. The van der Waals surface area contributed by atoms with E-state index in [4.69, 9.17) is 0 Å². The van der Waals surface area contributed by atoms with E-state index < -0.39 is 17.1 Å². The number of hydrogen-bond acceptors (Lipinski definition) is 3. The highest BCUT2D eigenvalue weighted by Crippen LogP contribution is 2.30. The van der Waals surface area contributed by atoms with Crippen LogP contribution in [-0.4, -0.2) is 20.9 Å². The van der Waals surface area contributed by atoms with E-state index in [0.717, 1.165) is 30.4 Å². The normalized spacial score (nSPS) is 19.3. The maximum absolute atomic E-state index is 13.6. The Morgan fingerprint density at radius 3 is 2.81 bits per heavy atom. The summed E-state index contributed by atoms with van der Waals surface area (Å²) in [5.41, 5.74) is 2.69. The van der Waals surface area contributed by atoms with Crippen molar-refractivity contribution in [3.05, 3.63) is 68.2 Å². The summed E-state index contributed by atoms with van der Waals surface area (Å²) < 4.78 is 14.4. The predicted octanol–water partition coefficient (Wildman–Crippen LogP) is 4.86. The molecule has 0 aliphatic heterocycles. The topological polar surface area (TPSA) is 83.0 Å². The van der Waals surface area contributed by atoms with Crippen molar-refractivity contribution in [2.75, 3.05) is 0 Å². The highest BCUT2D eigenvalue weighted by atomic mass is 19.1. The Labute approximate surface area is 179 Å². The third kappa shape index (κ3) is 4.31. The SMILES string of the molecule is CC(C)=CCCC1=CC[C@H](/C=N\n2c(=O)[nH]c3c([nH]c4ccc(F)cc43)c2=O)[C@@H](C)C1. The summed E-state index contributed by atoms with van der Waals surface area (Å²) in [4.78, 5) is 31.0.